The maximum absolute atomic E-state index is 5.79. The van der Waals surface area contributed by atoms with Gasteiger partial charge in [0.2, 0.25) is 5.89 Å². The van der Waals surface area contributed by atoms with Gasteiger partial charge in [-0.2, -0.15) is 0 Å². The van der Waals surface area contributed by atoms with E-state index in [-0.39, 0.29) is 29.4 Å². The standard InChI is InChI=1S/C18H27N5O.HI/c1-6-19-17(21-10-14-9-7-8-13(2)23-14)22-12-16-20-11-15(24-16)18(3,4)5;/h7-9,11H,6,10,12H2,1-5H3,(H2,19,21,22);1H. The van der Waals surface area contributed by atoms with Gasteiger partial charge >= 0.3 is 0 Å². The normalized spacial score (nSPS) is 11.8. The Morgan fingerprint density at radius 2 is 2.00 bits per heavy atom. The lowest BCUT2D eigenvalue weighted by atomic mass is 9.94. The van der Waals surface area contributed by atoms with Crippen LogP contribution in [0.4, 0.5) is 0 Å². The molecule has 6 nitrogen and oxygen atoms in total. The first-order valence-corrected chi connectivity index (χ1v) is 8.28. The van der Waals surface area contributed by atoms with Crippen LogP contribution >= 0.6 is 24.0 Å². The highest BCUT2D eigenvalue weighted by atomic mass is 127. The molecular formula is C18H28IN5O. The molecule has 0 spiro atoms. The Bertz CT molecular complexity index is 691. The van der Waals surface area contributed by atoms with Gasteiger partial charge in [-0.15, -0.1) is 24.0 Å². The van der Waals surface area contributed by atoms with Gasteiger partial charge in [0.15, 0.2) is 5.96 Å². The Hall–Kier alpha value is -1.64. The molecule has 0 aliphatic carbocycles. The summed E-state index contributed by atoms with van der Waals surface area (Å²) in [6.45, 7) is 12.1. The van der Waals surface area contributed by atoms with Crippen molar-refractivity contribution in [2.24, 2.45) is 4.99 Å². The van der Waals surface area contributed by atoms with Gasteiger partial charge in [0.05, 0.1) is 25.0 Å². The van der Waals surface area contributed by atoms with E-state index in [4.69, 9.17) is 4.42 Å². The number of rotatable bonds is 5. The first-order chi connectivity index (χ1) is 11.4. The van der Waals surface area contributed by atoms with Gasteiger partial charge in [-0.25, -0.2) is 9.98 Å². The van der Waals surface area contributed by atoms with Gasteiger partial charge in [-0.1, -0.05) is 26.8 Å². The van der Waals surface area contributed by atoms with Crippen LogP contribution < -0.4 is 10.6 Å². The molecule has 0 saturated heterocycles. The second kappa shape index (κ2) is 9.74. The number of nitrogens with zero attached hydrogens (tertiary/aromatic N) is 3. The quantitative estimate of drug-likeness (QED) is 0.408. The van der Waals surface area contributed by atoms with Gasteiger partial charge in [0.1, 0.15) is 5.76 Å². The van der Waals surface area contributed by atoms with Crippen molar-refractivity contribution in [3.8, 4) is 0 Å². The van der Waals surface area contributed by atoms with Gasteiger partial charge in [-0.05, 0) is 26.0 Å². The minimum atomic E-state index is -0.0410. The summed E-state index contributed by atoms with van der Waals surface area (Å²) in [4.78, 5) is 13.3. The van der Waals surface area contributed by atoms with Crippen LogP contribution in [-0.4, -0.2) is 22.5 Å². The van der Waals surface area contributed by atoms with E-state index in [9.17, 15) is 0 Å². The lowest BCUT2D eigenvalue weighted by Gasteiger charge is -2.13. The molecule has 0 aliphatic heterocycles. The zero-order chi connectivity index (χ0) is 17.6. The Morgan fingerprint density at radius 1 is 1.24 bits per heavy atom. The second-order valence-electron chi connectivity index (χ2n) is 6.69. The van der Waals surface area contributed by atoms with Crippen molar-refractivity contribution in [3.05, 3.63) is 47.4 Å². The van der Waals surface area contributed by atoms with Crippen LogP contribution in [0.3, 0.4) is 0 Å². The van der Waals surface area contributed by atoms with Gasteiger partial charge in [-0.3, -0.25) is 4.98 Å². The van der Waals surface area contributed by atoms with E-state index in [1.807, 2.05) is 32.0 Å². The van der Waals surface area contributed by atoms with Crippen molar-refractivity contribution in [3.63, 3.8) is 0 Å². The number of hydrogen-bond donors (Lipinski definition) is 2. The van der Waals surface area contributed by atoms with E-state index in [0.29, 0.717) is 19.0 Å². The van der Waals surface area contributed by atoms with E-state index in [2.05, 4.69) is 46.4 Å². The lowest BCUT2D eigenvalue weighted by molar-refractivity contribution is 0.379. The summed E-state index contributed by atoms with van der Waals surface area (Å²) >= 11 is 0. The van der Waals surface area contributed by atoms with Crippen LogP contribution in [0.2, 0.25) is 0 Å². The summed E-state index contributed by atoms with van der Waals surface area (Å²) in [6.07, 6.45) is 1.79. The minimum absolute atomic E-state index is 0. The van der Waals surface area contributed by atoms with Crippen molar-refractivity contribution in [2.75, 3.05) is 6.54 Å². The Balaban J connectivity index is 0.00000312. The summed E-state index contributed by atoms with van der Waals surface area (Å²) in [7, 11) is 0. The predicted octanol–water partition coefficient (Wildman–Crippen LogP) is 3.55. The molecule has 2 heterocycles. The molecule has 2 rings (SSSR count). The third-order valence-electron chi connectivity index (χ3n) is 3.39. The number of hydrogen-bond acceptors (Lipinski definition) is 4. The molecule has 7 heteroatoms. The molecule has 0 amide bonds. The van der Waals surface area contributed by atoms with E-state index in [1.54, 1.807) is 6.20 Å². The van der Waals surface area contributed by atoms with E-state index in [1.165, 1.54) is 0 Å². The van der Waals surface area contributed by atoms with Crippen LogP contribution in [0.15, 0.2) is 33.8 Å². The number of nitrogens with one attached hydrogen (secondary N) is 2. The smallest absolute Gasteiger partial charge is 0.213 e. The number of guanidine groups is 1. The molecule has 2 aromatic heterocycles. The average Bonchev–Trinajstić information content (AvgIpc) is 2.99. The zero-order valence-electron chi connectivity index (χ0n) is 15.6. The van der Waals surface area contributed by atoms with Crippen LogP contribution in [-0.2, 0) is 18.5 Å². The molecule has 0 aromatic carbocycles. The molecule has 0 unspecified atom stereocenters. The van der Waals surface area contributed by atoms with Crippen LogP contribution in [0, 0.1) is 6.92 Å². The fraction of sp³-hybridized carbons (Fsp3) is 0.500. The largest absolute Gasteiger partial charge is 0.443 e. The van der Waals surface area contributed by atoms with E-state index < -0.39 is 0 Å². The summed E-state index contributed by atoms with van der Waals surface area (Å²) in [6, 6.07) is 5.95. The van der Waals surface area contributed by atoms with Crippen LogP contribution in [0.1, 0.15) is 50.7 Å². The van der Waals surface area contributed by atoms with E-state index >= 15 is 0 Å². The molecule has 0 radical (unpaired) electrons. The predicted molar refractivity (Wildman–Crippen MR) is 111 cm³/mol. The average molecular weight is 457 g/mol. The Morgan fingerprint density at radius 3 is 2.60 bits per heavy atom. The first kappa shape index (κ1) is 21.4. The van der Waals surface area contributed by atoms with Crippen molar-refractivity contribution in [1.82, 2.24) is 20.6 Å². The van der Waals surface area contributed by atoms with Crippen molar-refractivity contribution in [1.29, 1.82) is 0 Å². The highest BCUT2D eigenvalue weighted by molar-refractivity contribution is 14.0. The maximum atomic E-state index is 5.79. The van der Waals surface area contributed by atoms with Crippen LogP contribution in [0.25, 0.3) is 0 Å². The summed E-state index contributed by atoms with van der Waals surface area (Å²) in [5, 5.41) is 6.46. The van der Waals surface area contributed by atoms with E-state index in [0.717, 1.165) is 29.7 Å². The van der Waals surface area contributed by atoms with Gasteiger partial charge in [0, 0.05) is 17.7 Å². The molecule has 0 atom stereocenters. The Kier molecular flexibility index (Phi) is 8.34. The van der Waals surface area contributed by atoms with Crippen molar-refractivity contribution in [2.45, 2.75) is 53.1 Å². The number of aromatic nitrogens is 2. The summed E-state index contributed by atoms with van der Waals surface area (Å²) in [5.74, 6) is 2.25. The molecule has 138 valence electrons. The zero-order valence-corrected chi connectivity index (χ0v) is 17.9. The molecule has 0 fully saturated rings. The molecule has 25 heavy (non-hydrogen) atoms. The van der Waals surface area contributed by atoms with Crippen LogP contribution in [0.5, 0.6) is 0 Å². The number of halogens is 1. The fourth-order valence-corrected chi connectivity index (χ4v) is 2.09. The molecule has 0 saturated carbocycles. The summed E-state index contributed by atoms with van der Waals surface area (Å²) < 4.78 is 5.79. The Labute approximate surface area is 167 Å². The number of aliphatic imine (C=N–C) groups is 1. The van der Waals surface area contributed by atoms with Crippen molar-refractivity contribution < 1.29 is 4.42 Å². The molecule has 2 aromatic rings. The maximum Gasteiger partial charge on any atom is 0.213 e. The third-order valence-corrected chi connectivity index (χ3v) is 3.39. The monoisotopic (exact) mass is 457 g/mol. The summed E-state index contributed by atoms with van der Waals surface area (Å²) in [5.41, 5.74) is 1.90. The third kappa shape index (κ3) is 7.01. The number of oxazole rings is 1. The SMILES string of the molecule is CCNC(=NCc1cccc(C)n1)NCc1ncc(C(C)(C)C)o1.I. The van der Waals surface area contributed by atoms with Gasteiger partial charge in [0.25, 0.3) is 0 Å². The first-order valence-electron chi connectivity index (χ1n) is 8.28. The fourth-order valence-electron chi connectivity index (χ4n) is 2.09. The second-order valence-corrected chi connectivity index (χ2v) is 6.69. The number of aryl methyl sites for hydroxylation is 1. The number of pyridine rings is 1. The molecule has 0 bridgehead atoms. The highest BCUT2D eigenvalue weighted by Crippen LogP contribution is 2.22. The molecular weight excluding hydrogens is 429 g/mol. The molecule has 0 aliphatic rings. The lowest BCUT2D eigenvalue weighted by Crippen LogP contribution is -2.36. The van der Waals surface area contributed by atoms with Gasteiger partial charge < -0.3 is 15.1 Å². The topological polar surface area (TPSA) is 75.3 Å². The minimum Gasteiger partial charge on any atom is -0.443 e. The van der Waals surface area contributed by atoms with Crippen molar-refractivity contribution >= 4 is 29.9 Å². The molecule has 2 N–H and O–H groups in total. The highest BCUT2D eigenvalue weighted by Gasteiger charge is 2.19.